The Morgan fingerprint density at radius 2 is 1.82 bits per heavy atom. The van der Waals surface area contributed by atoms with Crippen molar-refractivity contribution in [3.63, 3.8) is 0 Å². The maximum atomic E-state index is 16.6. The van der Waals surface area contributed by atoms with E-state index in [0.29, 0.717) is 46.5 Å². The first-order valence-corrected chi connectivity index (χ1v) is 14.4. The summed E-state index contributed by atoms with van der Waals surface area (Å²) in [7, 11) is 2.16. The summed E-state index contributed by atoms with van der Waals surface area (Å²) in [5.41, 5.74) is 1.38. The second kappa shape index (κ2) is 10.2. The molecule has 1 N–H and O–H groups in total. The van der Waals surface area contributed by atoms with Crippen molar-refractivity contribution in [3.05, 3.63) is 59.4 Å². The predicted molar refractivity (Wildman–Crippen MR) is 155 cm³/mol. The zero-order valence-corrected chi connectivity index (χ0v) is 22.9. The molecule has 6 nitrogen and oxygen atoms in total. The van der Waals surface area contributed by atoms with E-state index in [9.17, 15) is 0 Å². The van der Waals surface area contributed by atoms with Crippen LogP contribution in [-0.2, 0) is 0 Å². The first kappa shape index (κ1) is 25.0. The standard InChI is InChI=1S/C31H33ClFN5O/c1-37-14-5-8-22(37)13-15-39-31-35-29-25(30(36-31)38-17-20-11-12-21(18-38)34-20)16-26(32)27(28(29)33)24-10-4-7-19-6-2-3-9-23(19)24/h2-4,6-7,9-10,16,20-22,34H,5,8,11-15,17-18H2,1H3. The van der Waals surface area contributed by atoms with Crippen LogP contribution in [0.2, 0.25) is 5.02 Å². The second-order valence-electron chi connectivity index (χ2n) is 11.3. The number of rotatable bonds is 6. The van der Waals surface area contributed by atoms with Crippen molar-refractivity contribution in [2.45, 2.75) is 50.2 Å². The third-order valence-electron chi connectivity index (χ3n) is 8.77. The molecular formula is C31H33ClFN5O. The first-order valence-electron chi connectivity index (χ1n) is 14.1. The lowest BCUT2D eigenvalue weighted by atomic mass is 9.96. The highest BCUT2D eigenvalue weighted by molar-refractivity contribution is 6.35. The van der Waals surface area contributed by atoms with Crippen molar-refractivity contribution in [1.29, 1.82) is 0 Å². The van der Waals surface area contributed by atoms with Gasteiger partial charge in [0.15, 0.2) is 5.82 Å². The molecule has 3 atom stereocenters. The van der Waals surface area contributed by atoms with E-state index in [1.165, 1.54) is 12.8 Å². The molecular weight excluding hydrogens is 513 g/mol. The highest BCUT2D eigenvalue weighted by Gasteiger charge is 2.34. The van der Waals surface area contributed by atoms with E-state index in [-0.39, 0.29) is 11.5 Å². The smallest absolute Gasteiger partial charge is 0.319 e. The quantitative estimate of drug-likeness (QED) is 0.318. The van der Waals surface area contributed by atoms with Crippen LogP contribution >= 0.6 is 11.6 Å². The van der Waals surface area contributed by atoms with Gasteiger partial charge in [0.2, 0.25) is 0 Å². The summed E-state index contributed by atoms with van der Waals surface area (Å²) in [6, 6.07) is 17.3. The normalized spacial score (nSPS) is 23.3. The van der Waals surface area contributed by atoms with Gasteiger partial charge in [-0.15, -0.1) is 0 Å². The van der Waals surface area contributed by atoms with E-state index in [4.69, 9.17) is 21.3 Å². The van der Waals surface area contributed by atoms with Gasteiger partial charge in [-0.25, -0.2) is 4.39 Å². The molecule has 0 radical (unpaired) electrons. The molecule has 3 aliphatic rings. The molecule has 7 rings (SSSR count). The molecule has 4 heterocycles. The monoisotopic (exact) mass is 545 g/mol. The van der Waals surface area contributed by atoms with Crippen molar-refractivity contribution < 1.29 is 9.13 Å². The van der Waals surface area contributed by atoms with Crippen molar-refractivity contribution in [1.82, 2.24) is 20.2 Å². The molecule has 8 heteroatoms. The van der Waals surface area contributed by atoms with Gasteiger partial charge in [0.25, 0.3) is 0 Å². The molecule has 0 amide bonds. The summed E-state index contributed by atoms with van der Waals surface area (Å²) in [6.07, 6.45) is 5.57. The van der Waals surface area contributed by atoms with Crippen LogP contribution in [0.5, 0.6) is 6.01 Å². The maximum Gasteiger partial charge on any atom is 0.319 e. The number of likely N-dealkylation sites (tertiary alicyclic amines) is 1. The SMILES string of the molecule is CN1CCCC1CCOc1nc(N2CC3CCC(C2)N3)c2cc(Cl)c(-c3cccc4ccccc34)c(F)c2n1. The van der Waals surface area contributed by atoms with E-state index >= 15 is 4.39 Å². The van der Waals surface area contributed by atoms with Crippen LogP contribution in [-0.4, -0.2) is 66.3 Å². The number of aromatic nitrogens is 2. The number of benzene rings is 3. The lowest BCUT2D eigenvalue weighted by Gasteiger charge is -2.34. The van der Waals surface area contributed by atoms with E-state index in [1.807, 2.05) is 48.5 Å². The number of hydrogen-bond acceptors (Lipinski definition) is 6. The summed E-state index contributed by atoms with van der Waals surface area (Å²) >= 11 is 6.87. The minimum Gasteiger partial charge on any atom is -0.463 e. The first-order chi connectivity index (χ1) is 19.0. The molecule has 3 saturated heterocycles. The molecule has 0 aliphatic carbocycles. The number of piperazine rings is 1. The van der Waals surface area contributed by atoms with Gasteiger partial charge in [0.05, 0.1) is 11.6 Å². The number of hydrogen-bond donors (Lipinski definition) is 1. The molecule has 0 saturated carbocycles. The summed E-state index contributed by atoms with van der Waals surface area (Å²) in [5.74, 6) is 0.271. The van der Waals surface area contributed by atoms with Gasteiger partial charge in [0.1, 0.15) is 11.3 Å². The van der Waals surface area contributed by atoms with Crippen molar-refractivity contribution in [3.8, 4) is 17.1 Å². The van der Waals surface area contributed by atoms with E-state index in [2.05, 4.69) is 27.1 Å². The average molecular weight is 546 g/mol. The Morgan fingerprint density at radius 1 is 1.03 bits per heavy atom. The van der Waals surface area contributed by atoms with E-state index in [0.717, 1.165) is 55.2 Å². The third-order valence-corrected chi connectivity index (χ3v) is 9.07. The summed E-state index contributed by atoms with van der Waals surface area (Å²) < 4.78 is 22.7. The molecule has 39 heavy (non-hydrogen) atoms. The van der Waals surface area contributed by atoms with Gasteiger partial charge in [-0.1, -0.05) is 54.1 Å². The molecule has 3 aliphatic heterocycles. The van der Waals surface area contributed by atoms with Crippen LogP contribution in [0, 0.1) is 5.82 Å². The fourth-order valence-electron chi connectivity index (χ4n) is 6.76. The Morgan fingerprint density at radius 3 is 2.62 bits per heavy atom. The number of ether oxygens (including phenoxy) is 1. The minimum atomic E-state index is -0.434. The lowest BCUT2D eigenvalue weighted by molar-refractivity contribution is 0.223. The molecule has 202 valence electrons. The lowest BCUT2D eigenvalue weighted by Crippen LogP contribution is -2.51. The largest absolute Gasteiger partial charge is 0.463 e. The topological polar surface area (TPSA) is 53.5 Å². The highest BCUT2D eigenvalue weighted by Crippen LogP contribution is 2.41. The zero-order chi connectivity index (χ0) is 26.5. The fourth-order valence-corrected chi connectivity index (χ4v) is 7.05. The number of nitrogens with zero attached hydrogens (tertiary/aromatic N) is 4. The maximum absolute atomic E-state index is 16.6. The molecule has 3 unspecified atom stereocenters. The summed E-state index contributed by atoms with van der Waals surface area (Å²) in [5, 5.41) is 6.64. The van der Waals surface area contributed by atoms with Crippen LogP contribution in [0.4, 0.5) is 10.2 Å². The van der Waals surface area contributed by atoms with Gasteiger partial charge in [-0.2, -0.15) is 9.97 Å². The summed E-state index contributed by atoms with van der Waals surface area (Å²) in [6.45, 7) is 3.26. The molecule has 4 aromatic rings. The van der Waals surface area contributed by atoms with Crippen LogP contribution in [0.3, 0.4) is 0 Å². The van der Waals surface area contributed by atoms with Crippen LogP contribution in [0.1, 0.15) is 32.1 Å². The highest BCUT2D eigenvalue weighted by atomic mass is 35.5. The van der Waals surface area contributed by atoms with Crippen molar-refractivity contribution >= 4 is 39.1 Å². The summed E-state index contributed by atoms with van der Waals surface area (Å²) in [4.78, 5) is 14.2. The van der Waals surface area contributed by atoms with Crippen molar-refractivity contribution in [2.75, 3.05) is 38.2 Å². The molecule has 2 bridgehead atoms. The Kier molecular flexibility index (Phi) is 6.53. The molecule has 0 spiro atoms. The number of halogens is 2. The number of fused-ring (bicyclic) bond motifs is 4. The Balaban J connectivity index is 1.33. The second-order valence-corrected chi connectivity index (χ2v) is 11.7. The van der Waals surface area contributed by atoms with E-state index < -0.39 is 5.82 Å². The van der Waals surface area contributed by atoms with Gasteiger partial charge in [-0.3, -0.25) is 0 Å². The fraction of sp³-hybridized carbons (Fsp3) is 0.419. The Labute approximate surface area is 233 Å². The molecule has 3 fully saturated rings. The van der Waals surface area contributed by atoms with Crippen LogP contribution in [0.25, 0.3) is 32.8 Å². The Hall–Kier alpha value is -3.00. The molecule has 3 aromatic carbocycles. The van der Waals surface area contributed by atoms with Gasteiger partial charge < -0.3 is 19.9 Å². The molecule has 1 aromatic heterocycles. The predicted octanol–water partition coefficient (Wildman–Crippen LogP) is 6.05. The number of anilines is 1. The van der Waals surface area contributed by atoms with Gasteiger partial charge in [0, 0.05) is 42.2 Å². The average Bonchev–Trinajstić information content (AvgIpc) is 3.51. The van der Waals surface area contributed by atoms with Crippen LogP contribution < -0.4 is 15.0 Å². The van der Waals surface area contributed by atoms with Gasteiger partial charge >= 0.3 is 6.01 Å². The van der Waals surface area contributed by atoms with Gasteiger partial charge in [-0.05, 0) is 68.1 Å². The minimum absolute atomic E-state index is 0.231. The van der Waals surface area contributed by atoms with Crippen molar-refractivity contribution in [2.24, 2.45) is 0 Å². The third kappa shape index (κ3) is 4.60. The Bertz CT molecular complexity index is 1530. The van der Waals surface area contributed by atoms with E-state index in [1.54, 1.807) is 0 Å². The van der Waals surface area contributed by atoms with Crippen LogP contribution in [0.15, 0.2) is 48.5 Å². The number of nitrogens with one attached hydrogen (secondary N) is 1. The zero-order valence-electron chi connectivity index (χ0n) is 22.2.